The molecule has 16 heavy (non-hydrogen) atoms. The minimum atomic E-state index is -0.752. The van der Waals surface area contributed by atoms with Crippen molar-refractivity contribution in [1.82, 2.24) is 0 Å². The topological polar surface area (TPSA) is 71.1 Å². The summed E-state index contributed by atoms with van der Waals surface area (Å²) in [4.78, 5) is 21.4. The van der Waals surface area contributed by atoms with Crippen LogP contribution in [-0.2, 0) is 23.7 Å². The summed E-state index contributed by atoms with van der Waals surface area (Å²) in [6.07, 6.45) is -0.752. The Bertz CT molecular complexity index is 248. The number of ether oxygens (including phenoxy) is 4. The molecule has 0 aromatic rings. The zero-order valence-electron chi connectivity index (χ0n) is 9.49. The van der Waals surface area contributed by atoms with Gasteiger partial charge in [-0.1, -0.05) is 6.58 Å². The highest BCUT2D eigenvalue weighted by atomic mass is 16.7. The van der Waals surface area contributed by atoms with Crippen molar-refractivity contribution in [3.8, 4) is 0 Å². The molecule has 0 aromatic heterocycles. The van der Waals surface area contributed by atoms with Crippen LogP contribution in [0.15, 0.2) is 12.2 Å². The number of carbonyl (C=O) groups excluding carboxylic acids is 2. The van der Waals surface area contributed by atoms with Gasteiger partial charge in [-0.25, -0.2) is 9.59 Å². The smallest absolute Gasteiger partial charge is 0.460 e. The average Bonchev–Trinajstić information content (AvgIpc) is 2.26. The Kier molecular flexibility index (Phi) is 7.87. The van der Waals surface area contributed by atoms with Gasteiger partial charge in [0.1, 0.15) is 13.2 Å². The number of esters is 1. The second kappa shape index (κ2) is 8.72. The normalized spacial score (nSPS) is 9.38. The van der Waals surface area contributed by atoms with Crippen molar-refractivity contribution in [2.24, 2.45) is 0 Å². The molecule has 0 unspecified atom stereocenters. The highest BCUT2D eigenvalue weighted by Crippen LogP contribution is 1.91. The van der Waals surface area contributed by atoms with Crippen LogP contribution in [0.2, 0.25) is 0 Å². The molecule has 0 bridgehead atoms. The third kappa shape index (κ3) is 7.81. The first-order valence-corrected chi connectivity index (χ1v) is 4.69. The Morgan fingerprint density at radius 3 is 2.12 bits per heavy atom. The lowest BCUT2D eigenvalue weighted by molar-refractivity contribution is -0.140. The molecule has 0 aromatic carbocycles. The van der Waals surface area contributed by atoms with Crippen LogP contribution in [0, 0.1) is 0 Å². The van der Waals surface area contributed by atoms with E-state index in [4.69, 9.17) is 9.47 Å². The van der Waals surface area contributed by atoms with Gasteiger partial charge in [0, 0.05) is 5.57 Å². The van der Waals surface area contributed by atoms with E-state index in [-0.39, 0.29) is 26.4 Å². The summed E-state index contributed by atoms with van der Waals surface area (Å²) < 4.78 is 18.6. The molecule has 0 aliphatic rings. The first-order chi connectivity index (χ1) is 7.57. The second-order valence-electron chi connectivity index (χ2n) is 2.83. The first-order valence-electron chi connectivity index (χ1n) is 4.69. The van der Waals surface area contributed by atoms with Crippen molar-refractivity contribution in [3.63, 3.8) is 0 Å². The molecule has 0 radical (unpaired) electrons. The predicted molar refractivity (Wildman–Crippen MR) is 54.9 cm³/mol. The van der Waals surface area contributed by atoms with Crippen LogP contribution in [0.5, 0.6) is 0 Å². The number of methoxy groups -OCH3 is 1. The van der Waals surface area contributed by atoms with Gasteiger partial charge in [0.15, 0.2) is 0 Å². The van der Waals surface area contributed by atoms with Crippen LogP contribution in [0.3, 0.4) is 0 Å². The summed E-state index contributed by atoms with van der Waals surface area (Å²) in [5, 5.41) is 0. The van der Waals surface area contributed by atoms with E-state index >= 15 is 0 Å². The van der Waals surface area contributed by atoms with Crippen molar-refractivity contribution in [2.75, 3.05) is 33.5 Å². The SMILES string of the molecule is C=C(C)C(=O)OCCOCCOC(=O)OC. The van der Waals surface area contributed by atoms with Crippen molar-refractivity contribution >= 4 is 12.1 Å². The fraction of sp³-hybridized carbons (Fsp3) is 0.600. The highest BCUT2D eigenvalue weighted by Gasteiger charge is 2.02. The molecule has 0 spiro atoms. The fourth-order valence-corrected chi connectivity index (χ4v) is 0.661. The maximum atomic E-state index is 10.9. The van der Waals surface area contributed by atoms with Gasteiger partial charge < -0.3 is 18.9 Å². The van der Waals surface area contributed by atoms with E-state index in [1.807, 2.05) is 0 Å². The summed E-state index contributed by atoms with van der Waals surface area (Å²) >= 11 is 0. The van der Waals surface area contributed by atoms with Gasteiger partial charge in [0.25, 0.3) is 0 Å². The van der Waals surface area contributed by atoms with Crippen LogP contribution in [-0.4, -0.2) is 45.7 Å². The summed E-state index contributed by atoms with van der Waals surface area (Å²) in [6, 6.07) is 0. The summed E-state index contributed by atoms with van der Waals surface area (Å²) in [5.41, 5.74) is 0.342. The monoisotopic (exact) mass is 232 g/mol. The molecule has 0 amide bonds. The summed E-state index contributed by atoms with van der Waals surface area (Å²) in [6.45, 7) is 5.69. The fourth-order valence-electron chi connectivity index (χ4n) is 0.661. The zero-order valence-corrected chi connectivity index (χ0v) is 9.49. The molecule has 0 atom stereocenters. The van der Waals surface area contributed by atoms with Crippen LogP contribution >= 0.6 is 0 Å². The Hall–Kier alpha value is -1.56. The Balaban J connectivity index is 3.25. The quantitative estimate of drug-likeness (QED) is 0.369. The van der Waals surface area contributed by atoms with E-state index in [0.29, 0.717) is 5.57 Å². The van der Waals surface area contributed by atoms with E-state index in [1.54, 1.807) is 6.92 Å². The van der Waals surface area contributed by atoms with Gasteiger partial charge in [0.05, 0.1) is 20.3 Å². The third-order valence-corrected chi connectivity index (χ3v) is 1.42. The molecule has 0 N–H and O–H groups in total. The van der Waals surface area contributed by atoms with E-state index in [0.717, 1.165) is 0 Å². The molecule has 0 fully saturated rings. The van der Waals surface area contributed by atoms with Crippen molar-refractivity contribution < 1.29 is 28.5 Å². The van der Waals surface area contributed by atoms with E-state index in [1.165, 1.54) is 7.11 Å². The van der Waals surface area contributed by atoms with Gasteiger partial charge in [-0.3, -0.25) is 0 Å². The van der Waals surface area contributed by atoms with Crippen molar-refractivity contribution in [1.29, 1.82) is 0 Å². The maximum Gasteiger partial charge on any atom is 0.508 e. The van der Waals surface area contributed by atoms with E-state index < -0.39 is 12.1 Å². The second-order valence-corrected chi connectivity index (χ2v) is 2.83. The molecule has 0 saturated heterocycles. The molecule has 6 heteroatoms. The molecule has 0 aliphatic carbocycles. The number of hydrogen-bond donors (Lipinski definition) is 0. The summed E-state index contributed by atoms with van der Waals surface area (Å²) in [5.74, 6) is -0.450. The third-order valence-electron chi connectivity index (χ3n) is 1.42. The van der Waals surface area contributed by atoms with Gasteiger partial charge in [-0.2, -0.15) is 0 Å². The van der Waals surface area contributed by atoms with Crippen molar-refractivity contribution in [3.05, 3.63) is 12.2 Å². The molecule has 0 rings (SSSR count). The average molecular weight is 232 g/mol. The van der Waals surface area contributed by atoms with Crippen LogP contribution in [0.4, 0.5) is 4.79 Å². The lowest BCUT2D eigenvalue weighted by atomic mass is 10.4. The van der Waals surface area contributed by atoms with Crippen molar-refractivity contribution in [2.45, 2.75) is 6.92 Å². The molecular weight excluding hydrogens is 216 g/mol. The maximum absolute atomic E-state index is 10.9. The highest BCUT2D eigenvalue weighted by molar-refractivity contribution is 5.86. The van der Waals surface area contributed by atoms with Gasteiger partial charge >= 0.3 is 12.1 Å². The Morgan fingerprint density at radius 2 is 1.62 bits per heavy atom. The Labute approximate surface area is 94.1 Å². The summed E-state index contributed by atoms with van der Waals surface area (Å²) in [7, 11) is 1.22. The minimum absolute atomic E-state index is 0.0983. The molecule has 6 nitrogen and oxygen atoms in total. The minimum Gasteiger partial charge on any atom is -0.460 e. The molecule has 0 aliphatic heterocycles. The molecular formula is C10H16O6. The number of hydrogen-bond acceptors (Lipinski definition) is 6. The van der Waals surface area contributed by atoms with Crippen LogP contribution in [0.25, 0.3) is 0 Å². The first kappa shape index (κ1) is 14.4. The zero-order chi connectivity index (χ0) is 12.4. The van der Waals surface area contributed by atoms with Gasteiger partial charge in [-0.15, -0.1) is 0 Å². The Morgan fingerprint density at radius 1 is 1.06 bits per heavy atom. The van der Waals surface area contributed by atoms with Crippen LogP contribution < -0.4 is 0 Å². The molecule has 92 valence electrons. The standard InChI is InChI=1S/C10H16O6/c1-8(2)9(11)15-6-4-14-5-7-16-10(12)13-3/h1,4-7H2,2-3H3. The predicted octanol–water partition coefficient (Wildman–Crippen LogP) is 0.905. The van der Waals surface area contributed by atoms with Gasteiger partial charge in [0.2, 0.25) is 0 Å². The largest absolute Gasteiger partial charge is 0.508 e. The van der Waals surface area contributed by atoms with Crippen LogP contribution in [0.1, 0.15) is 6.92 Å². The van der Waals surface area contributed by atoms with Gasteiger partial charge in [-0.05, 0) is 6.92 Å². The lowest BCUT2D eigenvalue weighted by Crippen LogP contribution is -2.14. The lowest BCUT2D eigenvalue weighted by Gasteiger charge is -2.06. The number of carbonyl (C=O) groups is 2. The van der Waals surface area contributed by atoms with E-state index in [9.17, 15) is 9.59 Å². The molecule has 0 saturated carbocycles. The molecule has 0 heterocycles. The van der Waals surface area contributed by atoms with E-state index in [2.05, 4.69) is 16.1 Å². The number of rotatable bonds is 7.